The van der Waals surface area contributed by atoms with E-state index in [0.717, 1.165) is 70.6 Å². The van der Waals surface area contributed by atoms with Gasteiger partial charge in [-0.15, -0.1) is 0 Å². The molecule has 0 aromatic heterocycles. The second kappa shape index (κ2) is 33.5. The van der Waals surface area contributed by atoms with Gasteiger partial charge in [0.2, 0.25) is 0 Å². The fraction of sp³-hybridized carbons (Fsp3) is 0.682. The molecule has 6 N–H and O–H groups in total. The van der Waals surface area contributed by atoms with E-state index in [9.17, 15) is 38.8 Å². The van der Waals surface area contributed by atoms with Crippen LogP contribution in [0.3, 0.4) is 0 Å². The second-order valence-electron chi connectivity index (χ2n) is 14.9. The highest BCUT2D eigenvalue weighted by Gasteiger charge is 2.39. The lowest BCUT2D eigenvalue weighted by molar-refractivity contribution is -0.161. The molecule has 14 nitrogen and oxygen atoms in total. The Morgan fingerprint density at radius 1 is 0.814 bits per heavy atom. The van der Waals surface area contributed by atoms with Gasteiger partial charge in [-0.2, -0.15) is 0 Å². The van der Waals surface area contributed by atoms with E-state index < -0.39 is 75.8 Å². The molecule has 1 aliphatic carbocycles. The third-order valence-electron chi connectivity index (χ3n) is 9.63. The number of phosphoric ester groups is 1. The number of phosphoric acid groups is 1. The standard InChI is InChI=1S/C44H72NO13P/c1-3-5-7-8-9-10-11-12-13-14-15-16-17-18-23-27-42(49)55-32-36(33-56-59(53,54)57-34-39(45)44(51)52)58-43(50)28-24-20-19-22-26-37-38(41(48)31-40(37)47)30-29-35(46)25-21-6-4-2/h5,7,9-10,12-13,19,22,29-30,35-40,46-47H,3-4,6,8,11,14-18,20-21,23-28,31-34,45H2,1-2H3,(H,51,52)(H,53,54)/b7-5-,10-9-,13-12-,22-19-,30-29+/t35-,36+,37+,38+,39-,40-/m0/s1. The lowest BCUT2D eigenvalue weighted by Gasteiger charge is -2.20. The number of carboxylic acids is 1. The number of aliphatic carboxylic acids is 1. The molecule has 0 aromatic rings. The molecule has 1 aliphatic rings. The molecule has 15 heteroatoms. The molecule has 336 valence electrons. The summed E-state index contributed by atoms with van der Waals surface area (Å²) >= 11 is 0. The number of carboxylic acid groups (broad SMARTS) is 1. The number of hydrogen-bond acceptors (Lipinski definition) is 12. The minimum atomic E-state index is -4.80. The van der Waals surface area contributed by atoms with Crippen LogP contribution >= 0.6 is 7.82 Å². The Bertz CT molecular complexity index is 1390. The molecular weight excluding hydrogens is 781 g/mol. The fourth-order valence-corrected chi connectivity index (χ4v) is 6.95. The summed E-state index contributed by atoms with van der Waals surface area (Å²) in [6, 6.07) is -1.57. The van der Waals surface area contributed by atoms with Crippen molar-refractivity contribution in [2.24, 2.45) is 17.6 Å². The van der Waals surface area contributed by atoms with Crippen molar-refractivity contribution in [1.29, 1.82) is 0 Å². The van der Waals surface area contributed by atoms with E-state index in [1.54, 1.807) is 12.2 Å². The Balaban J connectivity index is 2.54. The molecule has 1 rings (SSSR count). The van der Waals surface area contributed by atoms with E-state index in [1.807, 2.05) is 12.2 Å². The number of aliphatic hydroxyl groups excluding tert-OH is 2. The number of ether oxygens (including phenoxy) is 2. The molecule has 0 amide bonds. The number of carbonyl (C=O) groups excluding carboxylic acids is 3. The molecule has 59 heavy (non-hydrogen) atoms. The van der Waals surface area contributed by atoms with Crippen molar-refractivity contribution in [2.75, 3.05) is 19.8 Å². The third kappa shape index (κ3) is 28.0. The van der Waals surface area contributed by atoms with Crippen LogP contribution in [0.2, 0.25) is 0 Å². The van der Waals surface area contributed by atoms with Crippen LogP contribution in [0.25, 0.3) is 0 Å². The van der Waals surface area contributed by atoms with E-state index >= 15 is 0 Å². The summed E-state index contributed by atoms with van der Waals surface area (Å²) in [5.74, 6) is -3.50. The smallest absolute Gasteiger partial charge is 0.472 e. The topological polar surface area (TPSA) is 229 Å². The van der Waals surface area contributed by atoms with Crippen molar-refractivity contribution in [2.45, 2.75) is 160 Å². The molecule has 1 saturated carbocycles. The zero-order chi connectivity index (χ0) is 43.7. The molecule has 0 bridgehead atoms. The number of carbonyl (C=O) groups is 4. The minimum absolute atomic E-state index is 0.0366. The number of hydrogen-bond donors (Lipinski definition) is 5. The van der Waals surface area contributed by atoms with Crippen LogP contribution < -0.4 is 5.73 Å². The monoisotopic (exact) mass is 853 g/mol. The van der Waals surface area contributed by atoms with Crippen LogP contribution in [0.1, 0.15) is 136 Å². The van der Waals surface area contributed by atoms with Gasteiger partial charge in [0.25, 0.3) is 0 Å². The Hall–Kier alpha value is -3.23. The molecule has 0 heterocycles. The Morgan fingerprint density at radius 3 is 2.15 bits per heavy atom. The van der Waals surface area contributed by atoms with E-state index in [-0.39, 0.29) is 31.0 Å². The van der Waals surface area contributed by atoms with Crippen molar-refractivity contribution in [1.82, 2.24) is 0 Å². The van der Waals surface area contributed by atoms with Crippen molar-refractivity contribution < 1.29 is 62.5 Å². The van der Waals surface area contributed by atoms with Gasteiger partial charge >= 0.3 is 25.7 Å². The number of rotatable bonds is 35. The lowest BCUT2D eigenvalue weighted by Crippen LogP contribution is -2.34. The molecule has 0 spiro atoms. The Kier molecular flexibility index (Phi) is 30.5. The SMILES string of the molecule is CC/C=C\C/C=C\C/C=C\CCCCCCCC(=O)OC[C@H](COP(=O)(O)OC[C@H](N)C(=O)O)OC(=O)CCC/C=C\C[C@H]1[C@@H](O)CC(=O)[C@@H]1/C=C/[C@@H](O)CCCCC. The number of ketones is 1. The zero-order valence-corrected chi connectivity index (χ0v) is 36.2. The van der Waals surface area contributed by atoms with Gasteiger partial charge in [-0.3, -0.25) is 28.2 Å². The summed E-state index contributed by atoms with van der Waals surface area (Å²) in [6.45, 7) is 2.27. The lowest BCUT2D eigenvalue weighted by atomic mass is 9.90. The summed E-state index contributed by atoms with van der Waals surface area (Å²) in [5.41, 5.74) is 5.32. The van der Waals surface area contributed by atoms with Crippen LogP contribution in [0, 0.1) is 11.8 Å². The highest BCUT2D eigenvalue weighted by Crippen LogP contribution is 2.43. The highest BCUT2D eigenvalue weighted by molar-refractivity contribution is 7.47. The fourth-order valence-electron chi connectivity index (χ4n) is 6.18. The maximum absolute atomic E-state index is 12.7. The normalized spacial score (nSPS) is 20.0. The van der Waals surface area contributed by atoms with Crippen LogP contribution in [-0.2, 0) is 42.3 Å². The van der Waals surface area contributed by atoms with Crippen LogP contribution in [0.4, 0.5) is 0 Å². The van der Waals surface area contributed by atoms with Gasteiger partial charge < -0.3 is 35.4 Å². The first-order valence-electron chi connectivity index (χ1n) is 21.4. The summed E-state index contributed by atoms with van der Waals surface area (Å²) in [4.78, 5) is 58.6. The number of allylic oxidation sites excluding steroid dienone is 9. The van der Waals surface area contributed by atoms with Gasteiger partial charge in [0, 0.05) is 31.1 Å². The van der Waals surface area contributed by atoms with Crippen LogP contribution in [0.15, 0.2) is 60.8 Å². The average Bonchev–Trinajstić information content (AvgIpc) is 3.47. The largest absolute Gasteiger partial charge is 0.480 e. The Labute approximate surface area is 351 Å². The van der Waals surface area contributed by atoms with E-state index in [0.29, 0.717) is 32.1 Å². The van der Waals surface area contributed by atoms with Gasteiger partial charge in [-0.1, -0.05) is 113 Å². The number of unbranched alkanes of at least 4 members (excludes halogenated alkanes) is 8. The van der Waals surface area contributed by atoms with Crippen molar-refractivity contribution >= 4 is 31.5 Å². The van der Waals surface area contributed by atoms with Gasteiger partial charge in [-0.25, -0.2) is 4.57 Å². The highest BCUT2D eigenvalue weighted by atomic mass is 31.2. The van der Waals surface area contributed by atoms with E-state index in [4.69, 9.17) is 24.8 Å². The number of esters is 2. The first-order valence-corrected chi connectivity index (χ1v) is 22.9. The van der Waals surface area contributed by atoms with Crippen LogP contribution in [-0.4, -0.2) is 88.1 Å². The van der Waals surface area contributed by atoms with Gasteiger partial charge in [0.05, 0.1) is 25.4 Å². The predicted molar refractivity (Wildman–Crippen MR) is 227 cm³/mol. The van der Waals surface area contributed by atoms with Crippen molar-refractivity contribution in [3.63, 3.8) is 0 Å². The summed E-state index contributed by atoms with van der Waals surface area (Å²) in [7, 11) is -4.80. The first kappa shape index (κ1) is 53.8. The predicted octanol–water partition coefficient (Wildman–Crippen LogP) is 7.76. The second-order valence-corrected chi connectivity index (χ2v) is 16.3. The van der Waals surface area contributed by atoms with Crippen LogP contribution in [0.5, 0.6) is 0 Å². The number of Topliss-reactive ketones (excluding diaryl/α,β-unsaturated/α-hetero) is 1. The quantitative estimate of drug-likeness (QED) is 0.0178. The molecule has 1 unspecified atom stereocenters. The summed E-state index contributed by atoms with van der Waals surface area (Å²) in [6.07, 6.45) is 30.9. The molecule has 0 saturated heterocycles. The van der Waals surface area contributed by atoms with E-state index in [1.165, 1.54) is 0 Å². The molecule has 0 aromatic carbocycles. The van der Waals surface area contributed by atoms with Gasteiger partial charge in [0.1, 0.15) is 18.4 Å². The summed E-state index contributed by atoms with van der Waals surface area (Å²) in [5, 5.41) is 29.6. The molecule has 7 atom stereocenters. The maximum Gasteiger partial charge on any atom is 0.472 e. The van der Waals surface area contributed by atoms with Gasteiger partial charge in [-0.05, 0) is 64.2 Å². The molecule has 0 radical (unpaired) electrons. The van der Waals surface area contributed by atoms with Crippen molar-refractivity contribution in [3.8, 4) is 0 Å². The number of nitrogens with two attached hydrogens (primary N) is 1. The van der Waals surface area contributed by atoms with E-state index in [2.05, 4.69) is 54.8 Å². The van der Waals surface area contributed by atoms with Crippen molar-refractivity contribution in [3.05, 3.63) is 60.8 Å². The minimum Gasteiger partial charge on any atom is -0.480 e. The molecule has 0 aliphatic heterocycles. The summed E-state index contributed by atoms with van der Waals surface area (Å²) < 4.78 is 32.6. The number of aliphatic hydroxyl groups is 2. The van der Waals surface area contributed by atoms with Gasteiger partial charge in [0.15, 0.2) is 6.10 Å². The maximum atomic E-state index is 12.7. The first-order chi connectivity index (χ1) is 28.3. The molecular formula is C44H72NO13P. The molecule has 1 fully saturated rings. The zero-order valence-electron chi connectivity index (χ0n) is 35.3. The average molecular weight is 854 g/mol. The Morgan fingerprint density at radius 2 is 1.44 bits per heavy atom. The third-order valence-corrected chi connectivity index (χ3v) is 10.6.